The topological polar surface area (TPSA) is 17.8 Å². The average Bonchev–Trinajstić information content (AvgIpc) is 2.79. The summed E-state index contributed by atoms with van der Waals surface area (Å²) in [5, 5.41) is 0. The number of imidazole rings is 1. The van der Waals surface area contributed by atoms with Gasteiger partial charge in [0.2, 0.25) is 0 Å². The van der Waals surface area contributed by atoms with E-state index in [4.69, 9.17) is 0 Å². The Hall–Kier alpha value is -0.440. The number of hydrogen-bond donors (Lipinski definition) is 1. The highest BCUT2D eigenvalue weighted by Gasteiger charge is 2.27. The third kappa shape index (κ3) is 2.54. The molecular weight excluding hydrogens is 228 g/mol. The highest BCUT2D eigenvalue weighted by molar-refractivity contribution is 7.80. The highest BCUT2D eigenvalue weighted by atomic mass is 32.1. The van der Waals surface area contributed by atoms with Gasteiger partial charge in [-0.25, -0.2) is 4.98 Å². The Morgan fingerprint density at radius 3 is 2.65 bits per heavy atom. The summed E-state index contributed by atoms with van der Waals surface area (Å²) < 4.78 is 2.40. The van der Waals surface area contributed by atoms with Gasteiger partial charge in [0.15, 0.2) is 0 Å². The molecule has 0 atom stereocenters. The summed E-state index contributed by atoms with van der Waals surface area (Å²) >= 11 is 4.57. The molecule has 0 spiro atoms. The normalized spacial score (nSPS) is 15.9. The Morgan fingerprint density at radius 2 is 2.00 bits per heavy atom. The summed E-state index contributed by atoms with van der Waals surface area (Å²) in [6.07, 6.45) is 9.47. The maximum atomic E-state index is 4.58. The lowest BCUT2D eigenvalue weighted by Crippen LogP contribution is -2.28. The van der Waals surface area contributed by atoms with Gasteiger partial charge in [-0.3, -0.25) is 0 Å². The van der Waals surface area contributed by atoms with Gasteiger partial charge in [-0.2, -0.15) is 12.6 Å². The predicted molar refractivity (Wildman–Crippen MR) is 75.7 cm³/mol. The molecule has 3 heteroatoms. The average molecular weight is 252 g/mol. The Balaban J connectivity index is 2.20. The molecule has 0 radical (unpaired) electrons. The SMILES string of the molecule is CCC(CC)(CS)Cn1cnc2c1CCCC2. The molecule has 0 aliphatic heterocycles. The monoisotopic (exact) mass is 252 g/mol. The van der Waals surface area contributed by atoms with Crippen molar-refractivity contribution in [1.82, 2.24) is 9.55 Å². The predicted octanol–water partition coefficient (Wildman–Crippen LogP) is 3.50. The van der Waals surface area contributed by atoms with E-state index in [1.165, 1.54) is 49.9 Å². The number of rotatable bonds is 5. The molecule has 1 aliphatic carbocycles. The Bertz CT molecular complexity index is 358. The number of aryl methyl sites for hydroxylation is 1. The minimum Gasteiger partial charge on any atom is -0.334 e. The van der Waals surface area contributed by atoms with Crippen LogP contribution in [0.2, 0.25) is 0 Å². The highest BCUT2D eigenvalue weighted by Crippen LogP contribution is 2.31. The molecule has 0 fully saturated rings. The molecule has 0 aromatic carbocycles. The van der Waals surface area contributed by atoms with Crippen molar-refractivity contribution in [2.45, 2.75) is 58.9 Å². The fourth-order valence-electron chi connectivity index (χ4n) is 2.78. The molecular formula is C14H24N2S. The van der Waals surface area contributed by atoms with Gasteiger partial charge in [0.1, 0.15) is 0 Å². The van der Waals surface area contributed by atoms with Crippen molar-refractivity contribution in [3.63, 3.8) is 0 Å². The van der Waals surface area contributed by atoms with Gasteiger partial charge in [0.05, 0.1) is 12.0 Å². The van der Waals surface area contributed by atoms with Gasteiger partial charge in [-0.1, -0.05) is 13.8 Å². The summed E-state index contributed by atoms with van der Waals surface area (Å²) in [5.41, 5.74) is 3.18. The van der Waals surface area contributed by atoms with Gasteiger partial charge in [-0.15, -0.1) is 0 Å². The van der Waals surface area contributed by atoms with Crippen LogP contribution in [0.5, 0.6) is 0 Å². The molecule has 1 aromatic rings. The Kier molecular flexibility index (Phi) is 4.18. The molecule has 2 rings (SSSR count). The van der Waals surface area contributed by atoms with Gasteiger partial charge in [0, 0.05) is 12.2 Å². The van der Waals surface area contributed by atoms with Gasteiger partial charge < -0.3 is 4.57 Å². The van der Waals surface area contributed by atoms with Gasteiger partial charge >= 0.3 is 0 Å². The standard InChI is InChI=1S/C14H24N2S/c1-3-14(4-2,10-17)9-16-11-15-12-7-5-6-8-13(12)16/h11,17H,3-10H2,1-2H3. The van der Waals surface area contributed by atoms with Crippen molar-refractivity contribution in [2.75, 3.05) is 5.75 Å². The van der Waals surface area contributed by atoms with E-state index in [9.17, 15) is 0 Å². The van der Waals surface area contributed by atoms with Crippen LogP contribution in [-0.2, 0) is 19.4 Å². The molecule has 0 saturated heterocycles. The van der Waals surface area contributed by atoms with Crippen LogP contribution in [0, 0.1) is 5.41 Å². The van der Waals surface area contributed by atoms with Crippen molar-refractivity contribution in [3.05, 3.63) is 17.7 Å². The first-order valence-electron chi connectivity index (χ1n) is 6.88. The van der Waals surface area contributed by atoms with Crippen molar-refractivity contribution in [1.29, 1.82) is 0 Å². The van der Waals surface area contributed by atoms with E-state index >= 15 is 0 Å². The first-order chi connectivity index (χ1) is 8.24. The van der Waals surface area contributed by atoms with Crippen molar-refractivity contribution >= 4 is 12.6 Å². The first kappa shape index (κ1) is 13.0. The van der Waals surface area contributed by atoms with Gasteiger partial charge in [-0.05, 0) is 49.7 Å². The number of aromatic nitrogens is 2. The Morgan fingerprint density at radius 1 is 1.29 bits per heavy atom. The fourth-order valence-corrected chi connectivity index (χ4v) is 3.32. The second-order valence-electron chi connectivity index (χ2n) is 5.34. The lowest BCUT2D eigenvalue weighted by atomic mass is 9.84. The quantitative estimate of drug-likeness (QED) is 0.794. The molecule has 2 nitrogen and oxygen atoms in total. The number of fused-ring (bicyclic) bond motifs is 1. The number of hydrogen-bond acceptors (Lipinski definition) is 2. The van der Waals surface area contributed by atoms with E-state index in [-0.39, 0.29) is 0 Å². The van der Waals surface area contributed by atoms with E-state index in [1.54, 1.807) is 0 Å². The van der Waals surface area contributed by atoms with Crippen molar-refractivity contribution < 1.29 is 0 Å². The van der Waals surface area contributed by atoms with Crippen LogP contribution in [0.1, 0.15) is 50.9 Å². The summed E-state index contributed by atoms with van der Waals surface area (Å²) in [6, 6.07) is 0. The molecule has 0 bridgehead atoms. The molecule has 96 valence electrons. The van der Waals surface area contributed by atoms with Crippen LogP contribution in [0.15, 0.2) is 6.33 Å². The van der Waals surface area contributed by atoms with Crippen LogP contribution in [0.3, 0.4) is 0 Å². The molecule has 0 amide bonds. The van der Waals surface area contributed by atoms with Gasteiger partial charge in [0.25, 0.3) is 0 Å². The minimum absolute atomic E-state index is 0.342. The van der Waals surface area contributed by atoms with E-state index in [2.05, 4.69) is 42.4 Å². The van der Waals surface area contributed by atoms with Crippen LogP contribution in [0.4, 0.5) is 0 Å². The lowest BCUT2D eigenvalue weighted by Gasteiger charge is -2.31. The van der Waals surface area contributed by atoms with E-state index in [0.717, 1.165) is 12.3 Å². The number of nitrogens with zero attached hydrogens (tertiary/aromatic N) is 2. The van der Waals surface area contributed by atoms with Crippen LogP contribution >= 0.6 is 12.6 Å². The zero-order valence-corrected chi connectivity index (χ0v) is 12.0. The second kappa shape index (κ2) is 5.47. The maximum absolute atomic E-state index is 4.58. The third-order valence-electron chi connectivity index (χ3n) is 4.45. The van der Waals surface area contributed by atoms with E-state index in [0.29, 0.717) is 5.41 Å². The minimum atomic E-state index is 0.342. The first-order valence-corrected chi connectivity index (χ1v) is 7.51. The summed E-state index contributed by atoms with van der Waals surface area (Å²) in [4.78, 5) is 4.58. The zero-order chi connectivity index (χ0) is 12.3. The molecule has 1 aromatic heterocycles. The lowest BCUT2D eigenvalue weighted by molar-refractivity contribution is 0.254. The molecule has 1 heterocycles. The smallest absolute Gasteiger partial charge is 0.0951 e. The van der Waals surface area contributed by atoms with Crippen molar-refractivity contribution in [2.24, 2.45) is 5.41 Å². The molecule has 17 heavy (non-hydrogen) atoms. The molecule has 0 unspecified atom stereocenters. The van der Waals surface area contributed by atoms with Crippen molar-refractivity contribution in [3.8, 4) is 0 Å². The summed E-state index contributed by atoms with van der Waals surface area (Å²) in [6.45, 7) is 5.65. The van der Waals surface area contributed by atoms with Crippen LogP contribution in [-0.4, -0.2) is 15.3 Å². The fraction of sp³-hybridized carbons (Fsp3) is 0.786. The molecule has 1 aliphatic rings. The van der Waals surface area contributed by atoms with E-state index in [1.807, 2.05) is 0 Å². The van der Waals surface area contributed by atoms with Crippen LogP contribution < -0.4 is 0 Å². The van der Waals surface area contributed by atoms with E-state index < -0.39 is 0 Å². The Labute approximate surface area is 110 Å². The van der Waals surface area contributed by atoms with Crippen LogP contribution in [0.25, 0.3) is 0 Å². The third-order valence-corrected chi connectivity index (χ3v) is 5.12. The zero-order valence-electron chi connectivity index (χ0n) is 11.1. The molecule has 0 N–H and O–H groups in total. The maximum Gasteiger partial charge on any atom is 0.0951 e. The summed E-state index contributed by atoms with van der Waals surface area (Å²) in [5.74, 6) is 0.965. The summed E-state index contributed by atoms with van der Waals surface area (Å²) in [7, 11) is 0. The molecule has 0 saturated carbocycles. The number of thiol groups is 1. The second-order valence-corrected chi connectivity index (χ2v) is 5.65. The largest absolute Gasteiger partial charge is 0.334 e.